The predicted octanol–water partition coefficient (Wildman–Crippen LogP) is 4.34. The van der Waals surface area contributed by atoms with E-state index in [1.54, 1.807) is 24.3 Å². The van der Waals surface area contributed by atoms with E-state index < -0.39 is 0 Å². The van der Waals surface area contributed by atoms with E-state index in [1.165, 1.54) is 12.1 Å². The van der Waals surface area contributed by atoms with Gasteiger partial charge < -0.3 is 9.84 Å². The Kier molecular flexibility index (Phi) is 5.63. The molecule has 0 saturated heterocycles. The Morgan fingerprint density at radius 2 is 1.96 bits per heavy atom. The number of rotatable bonds is 6. The van der Waals surface area contributed by atoms with Crippen LogP contribution >= 0.6 is 11.6 Å². The highest BCUT2D eigenvalue weighted by Gasteiger charge is 2.14. The maximum atomic E-state index is 13.0. The first-order chi connectivity index (χ1) is 12.5. The predicted molar refractivity (Wildman–Crippen MR) is 96.0 cm³/mol. The fourth-order valence-electron chi connectivity index (χ4n) is 2.48. The van der Waals surface area contributed by atoms with Gasteiger partial charge in [0.2, 0.25) is 17.6 Å². The third-order valence-electron chi connectivity index (χ3n) is 3.90. The van der Waals surface area contributed by atoms with E-state index in [0.29, 0.717) is 28.7 Å². The summed E-state index contributed by atoms with van der Waals surface area (Å²) in [6.45, 7) is 1.84. The molecule has 0 unspecified atom stereocenters. The van der Waals surface area contributed by atoms with Gasteiger partial charge >= 0.3 is 0 Å². The SMILES string of the molecule is C[C@@H](NC(=O)CCc1nc(-c2ccccc2Cl)no1)c1ccc(F)cc1. The molecule has 1 N–H and O–H groups in total. The lowest BCUT2D eigenvalue weighted by molar-refractivity contribution is -0.121. The van der Waals surface area contributed by atoms with Gasteiger partial charge in [0.1, 0.15) is 5.82 Å². The van der Waals surface area contributed by atoms with Crippen LogP contribution in [0.5, 0.6) is 0 Å². The maximum Gasteiger partial charge on any atom is 0.227 e. The minimum absolute atomic E-state index is 0.153. The third kappa shape index (κ3) is 4.46. The monoisotopic (exact) mass is 373 g/mol. The average molecular weight is 374 g/mol. The second kappa shape index (κ2) is 8.10. The number of aryl methyl sites for hydroxylation is 1. The summed E-state index contributed by atoms with van der Waals surface area (Å²) in [6.07, 6.45) is 0.523. The summed E-state index contributed by atoms with van der Waals surface area (Å²) in [5.41, 5.74) is 1.51. The summed E-state index contributed by atoms with van der Waals surface area (Å²) in [5.74, 6) is 0.299. The highest BCUT2D eigenvalue weighted by Crippen LogP contribution is 2.25. The van der Waals surface area contributed by atoms with Crippen LogP contribution in [0.25, 0.3) is 11.4 Å². The molecule has 0 aliphatic heterocycles. The molecule has 2 aromatic carbocycles. The molecule has 0 aliphatic carbocycles. The van der Waals surface area contributed by atoms with Crippen molar-refractivity contribution >= 4 is 17.5 Å². The number of hydrogen-bond acceptors (Lipinski definition) is 4. The molecule has 1 heterocycles. The van der Waals surface area contributed by atoms with Crippen LogP contribution in [0, 0.1) is 5.82 Å². The van der Waals surface area contributed by atoms with Crippen molar-refractivity contribution in [2.24, 2.45) is 0 Å². The third-order valence-corrected chi connectivity index (χ3v) is 4.23. The lowest BCUT2D eigenvalue weighted by atomic mass is 10.1. The van der Waals surface area contributed by atoms with Gasteiger partial charge in [0, 0.05) is 18.4 Å². The van der Waals surface area contributed by atoms with Gasteiger partial charge in [0.15, 0.2) is 0 Å². The zero-order chi connectivity index (χ0) is 18.5. The van der Waals surface area contributed by atoms with Crippen molar-refractivity contribution in [3.8, 4) is 11.4 Å². The second-order valence-corrected chi connectivity index (χ2v) is 6.24. The number of aromatic nitrogens is 2. The van der Waals surface area contributed by atoms with Crippen molar-refractivity contribution in [3.63, 3.8) is 0 Å². The van der Waals surface area contributed by atoms with E-state index in [9.17, 15) is 9.18 Å². The van der Waals surface area contributed by atoms with Crippen LogP contribution in [0.4, 0.5) is 4.39 Å². The largest absolute Gasteiger partial charge is 0.350 e. The molecule has 1 amide bonds. The van der Waals surface area contributed by atoms with Crippen molar-refractivity contribution in [1.29, 1.82) is 0 Å². The summed E-state index contributed by atoms with van der Waals surface area (Å²) < 4.78 is 18.1. The number of carbonyl (C=O) groups is 1. The van der Waals surface area contributed by atoms with Crippen LogP contribution in [-0.2, 0) is 11.2 Å². The molecule has 7 heteroatoms. The first kappa shape index (κ1) is 18.1. The fraction of sp³-hybridized carbons (Fsp3) is 0.211. The minimum atomic E-state index is -0.307. The van der Waals surface area contributed by atoms with Crippen molar-refractivity contribution in [2.75, 3.05) is 0 Å². The second-order valence-electron chi connectivity index (χ2n) is 5.83. The molecular formula is C19H17ClFN3O2. The van der Waals surface area contributed by atoms with Gasteiger partial charge in [-0.2, -0.15) is 4.98 Å². The molecule has 0 spiro atoms. The van der Waals surface area contributed by atoms with Gasteiger partial charge in [-0.3, -0.25) is 4.79 Å². The number of nitrogens with one attached hydrogen (secondary N) is 1. The molecule has 0 fully saturated rings. The first-order valence-electron chi connectivity index (χ1n) is 8.15. The van der Waals surface area contributed by atoms with Gasteiger partial charge in [-0.15, -0.1) is 0 Å². The van der Waals surface area contributed by atoms with Crippen molar-refractivity contribution in [2.45, 2.75) is 25.8 Å². The van der Waals surface area contributed by atoms with Crippen molar-refractivity contribution in [1.82, 2.24) is 15.5 Å². The highest BCUT2D eigenvalue weighted by atomic mass is 35.5. The normalized spacial score (nSPS) is 12.0. The Labute approximate surface area is 155 Å². The molecule has 0 saturated carbocycles. The standard InChI is InChI=1S/C19H17ClFN3O2/c1-12(13-6-8-14(21)9-7-13)22-17(25)10-11-18-23-19(24-26-18)15-4-2-3-5-16(15)20/h2-9,12H,10-11H2,1H3,(H,22,25)/t12-/m1/s1. The van der Waals surface area contributed by atoms with Crippen LogP contribution in [0.3, 0.4) is 0 Å². The van der Waals surface area contributed by atoms with E-state index in [0.717, 1.165) is 5.56 Å². The molecular weight excluding hydrogens is 357 g/mol. The van der Waals surface area contributed by atoms with Crippen LogP contribution in [0.1, 0.15) is 30.8 Å². The van der Waals surface area contributed by atoms with Gasteiger partial charge in [-0.05, 0) is 36.8 Å². The van der Waals surface area contributed by atoms with E-state index in [2.05, 4.69) is 15.5 Å². The zero-order valence-electron chi connectivity index (χ0n) is 14.1. The Morgan fingerprint density at radius 3 is 2.69 bits per heavy atom. The Balaban J connectivity index is 1.55. The van der Waals surface area contributed by atoms with Crippen LogP contribution < -0.4 is 5.32 Å². The van der Waals surface area contributed by atoms with Crippen LogP contribution in [-0.4, -0.2) is 16.0 Å². The first-order valence-corrected chi connectivity index (χ1v) is 8.53. The number of nitrogens with zero attached hydrogens (tertiary/aromatic N) is 2. The van der Waals surface area contributed by atoms with Crippen LogP contribution in [0.2, 0.25) is 5.02 Å². The molecule has 0 radical (unpaired) electrons. The highest BCUT2D eigenvalue weighted by molar-refractivity contribution is 6.33. The summed E-state index contributed by atoms with van der Waals surface area (Å²) in [7, 11) is 0. The molecule has 0 bridgehead atoms. The molecule has 3 rings (SSSR count). The maximum absolute atomic E-state index is 13.0. The Hall–Kier alpha value is -2.73. The van der Waals surface area contributed by atoms with E-state index in [1.807, 2.05) is 19.1 Å². The van der Waals surface area contributed by atoms with Crippen molar-refractivity contribution in [3.05, 3.63) is 70.8 Å². The lowest BCUT2D eigenvalue weighted by Gasteiger charge is -2.13. The van der Waals surface area contributed by atoms with Gasteiger partial charge in [0.05, 0.1) is 11.1 Å². The molecule has 0 aliphatic rings. The fourth-order valence-corrected chi connectivity index (χ4v) is 2.70. The molecule has 26 heavy (non-hydrogen) atoms. The summed E-state index contributed by atoms with van der Waals surface area (Å²) in [5, 5.41) is 7.30. The Morgan fingerprint density at radius 1 is 1.23 bits per heavy atom. The van der Waals surface area contributed by atoms with Gasteiger partial charge in [-0.1, -0.05) is 41.0 Å². The van der Waals surface area contributed by atoms with Gasteiger partial charge in [0.25, 0.3) is 0 Å². The Bertz CT molecular complexity index is 896. The summed E-state index contributed by atoms with van der Waals surface area (Å²) >= 11 is 6.11. The molecule has 1 aromatic heterocycles. The summed E-state index contributed by atoms with van der Waals surface area (Å²) in [6, 6.07) is 13.0. The minimum Gasteiger partial charge on any atom is -0.350 e. The number of halogens is 2. The van der Waals surface area contributed by atoms with Crippen molar-refractivity contribution < 1.29 is 13.7 Å². The average Bonchev–Trinajstić information content (AvgIpc) is 3.09. The van der Waals surface area contributed by atoms with E-state index in [-0.39, 0.29) is 24.2 Å². The molecule has 3 aromatic rings. The van der Waals surface area contributed by atoms with E-state index in [4.69, 9.17) is 16.1 Å². The van der Waals surface area contributed by atoms with Gasteiger partial charge in [-0.25, -0.2) is 4.39 Å². The topological polar surface area (TPSA) is 68.0 Å². The molecule has 5 nitrogen and oxygen atoms in total. The molecule has 1 atom stereocenters. The quantitative estimate of drug-likeness (QED) is 0.698. The smallest absolute Gasteiger partial charge is 0.227 e. The van der Waals surface area contributed by atoms with Crippen LogP contribution in [0.15, 0.2) is 53.1 Å². The number of hydrogen-bond donors (Lipinski definition) is 1. The number of benzene rings is 2. The van der Waals surface area contributed by atoms with E-state index >= 15 is 0 Å². The lowest BCUT2D eigenvalue weighted by Crippen LogP contribution is -2.26. The number of carbonyl (C=O) groups excluding carboxylic acids is 1. The summed E-state index contributed by atoms with van der Waals surface area (Å²) in [4.78, 5) is 16.4. The molecule has 134 valence electrons. The number of amides is 1. The zero-order valence-corrected chi connectivity index (χ0v) is 14.8.